The number of halogens is 2. The van der Waals surface area contributed by atoms with E-state index in [4.69, 9.17) is 11.6 Å². The van der Waals surface area contributed by atoms with Crippen LogP contribution >= 0.6 is 11.6 Å². The van der Waals surface area contributed by atoms with E-state index in [-0.39, 0.29) is 12.0 Å². The fourth-order valence-corrected chi connectivity index (χ4v) is 0.880. The summed E-state index contributed by atoms with van der Waals surface area (Å²) in [5, 5.41) is 3.01. The molecule has 0 fully saturated rings. The van der Waals surface area contributed by atoms with Gasteiger partial charge in [-0.1, -0.05) is 0 Å². The van der Waals surface area contributed by atoms with Gasteiger partial charge >= 0.3 is 0 Å². The zero-order chi connectivity index (χ0) is 8.43. The maximum Gasteiger partial charge on any atom is 0.226 e. The van der Waals surface area contributed by atoms with E-state index in [9.17, 15) is 9.18 Å². The zero-order valence-electron chi connectivity index (χ0n) is 5.84. The van der Waals surface area contributed by atoms with Crippen molar-refractivity contribution in [2.24, 2.45) is 7.05 Å². The monoisotopic (exact) mass is 176 g/mol. The van der Waals surface area contributed by atoms with E-state index in [0.717, 1.165) is 4.68 Å². The summed E-state index contributed by atoms with van der Waals surface area (Å²) in [6.45, 7) is 0. The Kier molecular flexibility index (Phi) is 2.24. The number of aryl methyl sites for hydroxylation is 1. The van der Waals surface area contributed by atoms with Gasteiger partial charge < -0.3 is 0 Å². The number of carbonyl (C=O) groups is 1. The highest BCUT2D eigenvalue weighted by atomic mass is 35.5. The summed E-state index contributed by atoms with van der Waals surface area (Å²) >= 11 is 5.05. The maximum absolute atomic E-state index is 12.8. The Hall–Kier alpha value is -0.900. The molecule has 0 aromatic carbocycles. The molecule has 11 heavy (non-hydrogen) atoms. The molecule has 0 N–H and O–H groups in total. The molecule has 3 nitrogen and oxygen atoms in total. The molecule has 0 unspecified atom stereocenters. The molecule has 0 amide bonds. The second-order valence-corrected chi connectivity index (χ2v) is 2.54. The molecule has 0 bridgehead atoms. The Morgan fingerprint density at radius 1 is 1.91 bits per heavy atom. The van der Waals surface area contributed by atoms with Gasteiger partial charge in [0.2, 0.25) is 11.2 Å². The fraction of sp³-hybridized carbons (Fsp3) is 0.333. The number of hydrogen-bond donors (Lipinski definition) is 0. The van der Waals surface area contributed by atoms with Gasteiger partial charge in [0.1, 0.15) is 0 Å². The lowest BCUT2D eigenvalue weighted by atomic mass is 10.3. The van der Waals surface area contributed by atoms with Crippen LogP contribution in [0.4, 0.5) is 4.39 Å². The molecule has 5 heteroatoms. The minimum absolute atomic E-state index is 0.110. The van der Waals surface area contributed by atoms with Crippen molar-refractivity contribution in [1.29, 1.82) is 0 Å². The molecule has 0 aliphatic heterocycles. The lowest BCUT2D eigenvalue weighted by Gasteiger charge is -1.90. The number of hydrogen-bond acceptors (Lipinski definition) is 2. The minimum atomic E-state index is -0.586. The first-order chi connectivity index (χ1) is 5.11. The molecule has 0 saturated carbocycles. The number of carbonyl (C=O) groups excluding carboxylic acids is 1. The smallest absolute Gasteiger partial charge is 0.226 e. The van der Waals surface area contributed by atoms with Crippen molar-refractivity contribution in [3.8, 4) is 0 Å². The van der Waals surface area contributed by atoms with Crippen LogP contribution in [0.2, 0.25) is 0 Å². The summed E-state index contributed by atoms with van der Waals surface area (Å²) < 4.78 is 13.9. The summed E-state index contributed by atoms with van der Waals surface area (Å²) in [4.78, 5) is 10.3. The Morgan fingerprint density at radius 3 is 2.91 bits per heavy atom. The van der Waals surface area contributed by atoms with Gasteiger partial charge in [0.15, 0.2) is 0 Å². The van der Waals surface area contributed by atoms with Crippen LogP contribution in [-0.4, -0.2) is 15.0 Å². The topological polar surface area (TPSA) is 34.9 Å². The molecular formula is C6H6ClFN2O. The second-order valence-electron chi connectivity index (χ2n) is 2.12. The van der Waals surface area contributed by atoms with Crippen LogP contribution in [0.1, 0.15) is 5.56 Å². The normalized spacial score (nSPS) is 10.1. The van der Waals surface area contributed by atoms with Crippen molar-refractivity contribution in [1.82, 2.24) is 9.78 Å². The lowest BCUT2D eigenvalue weighted by molar-refractivity contribution is -0.111. The van der Waals surface area contributed by atoms with Crippen molar-refractivity contribution >= 4 is 16.8 Å². The molecule has 1 aromatic rings. The van der Waals surface area contributed by atoms with E-state index >= 15 is 0 Å². The first-order valence-corrected chi connectivity index (χ1v) is 3.33. The quantitative estimate of drug-likeness (QED) is 0.627. The van der Waals surface area contributed by atoms with Gasteiger partial charge in [-0.3, -0.25) is 4.79 Å². The average molecular weight is 177 g/mol. The van der Waals surface area contributed by atoms with Crippen molar-refractivity contribution < 1.29 is 9.18 Å². The molecule has 60 valence electrons. The minimum Gasteiger partial charge on any atom is -0.281 e. The summed E-state index contributed by atoms with van der Waals surface area (Å²) in [7, 11) is 1.46. The zero-order valence-corrected chi connectivity index (χ0v) is 6.60. The Balaban J connectivity index is 2.87. The summed E-state index contributed by atoms with van der Waals surface area (Å²) in [6.07, 6.45) is 1.18. The van der Waals surface area contributed by atoms with Crippen LogP contribution in [0.25, 0.3) is 0 Å². The summed E-state index contributed by atoms with van der Waals surface area (Å²) in [5.74, 6) is -0.515. The molecule has 0 radical (unpaired) electrons. The van der Waals surface area contributed by atoms with Crippen molar-refractivity contribution in [3.05, 3.63) is 17.7 Å². The highest BCUT2D eigenvalue weighted by Crippen LogP contribution is 2.06. The molecule has 0 aliphatic rings. The van der Waals surface area contributed by atoms with Crippen molar-refractivity contribution in [2.45, 2.75) is 6.42 Å². The van der Waals surface area contributed by atoms with Crippen LogP contribution in [0.5, 0.6) is 0 Å². The van der Waals surface area contributed by atoms with E-state index in [0.29, 0.717) is 0 Å². The fourth-order valence-electron chi connectivity index (χ4n) is 0.736. The highest BCUT2D eigenvalue weighted by Gasteiger charge is 2.09. The third-order valence-electron chi connectivity index (χ3n) is 1.27. The number of rotatable bonds is 2. The van der Waals surface area contributed by atoms with E-state index in [2.05, 4.69) is 5.10 Å². The molecule has 0 aliphatic carbocycles. The molecular weight excluding hydrogens is 171 g/mol. The third-order valence-corrected chi connectivity index (χ3v) is 1.40. The summed E-state index contributed by atoms with van der Waals surface area (Å²) in [6, 6.07) is 0. The van der Waals surface area contributed by atoms with E-state index in [1.165, 1.54) is 13.2 Å². The first-order valence-electron chi connectivity index (χ1n) is 2.96. The molecule has 1 heterocycles. The van der Waals surface area contributed by atoms with Crippen LogP contribution < -0.4 is 0 Å². The van der Waals surface area contributed by atoms with Gasteiger partial charge in [0, 0.05) is 12.6 Å². The van der Waals surface area contributed by atoms with Gasteiger partial charge in [-0.25, -0.2) is 4.68 Å². The van der Waals surface area contributed by atoms with Crippen LogP contribution in [0.3, 0.4) is 0 Å². The van der Waals surface area contributed by atoms with Gasteiger partial charge in [0.05, 0.1) is 12.6 Å². The average Bonchev–Trinajstić information content (AvgIpc) is 2.18. The Bertz CT molecular complexity index is 284. The SMILES string of the molecule is Cn1ncc(CC(=O)Cl)c1F. The Morgan fingerprint density at radius 2 is 2.55 bits per heavy atom. The van der Waals surface area contributed by atoms with Crippen LogP contribution in [-0.2, 0) is 18.3 Å². The third kappa shape index (κ3) is 1.77. The largest absolute Gasteiger partial charge is 0.281 e. The van der Waals surface area contributed by atoms with Gasteiger partial charge in [-0.15, -0.1) is 0 Å². The molecule has 0 spiro atoms. The van der Waals surface area contributed by atoms with Crippen molar-refractivity contribution in [2.75, 3.05) is 0 Å². The number of aromatic nitrogens is 2. The van der Waals surface area contributed by atoms with Crippen molar-refractivity contribution in [3.63, 3.8) is 0 Å². The van der Waals surface area contributed by atoms with E-state index < -0.39 is 11.2 Å². The molecule has 1 aromatic heterocycles. The number of nitrogens with zero attached hydrogens (tertiary/aromatic N) is 2. The lowest BCUT2D eigenvalue weighted by Crippen LogP contribution is -1.98. The first kappa shape index (κ1) is 8.20. The van der Waals surface area contributed by atoms with Crippen LogP contribution in [0.15, 0.2) is 6.20 Å². The molecule has 0 atom stereocenters. The molecule has 1 rings (SSSR count). The highest BCUT2D eigenvalue weighted by molar-refractivity contribution is 6.63. The predicted molar refractivity (Wildman–Crippen MR) is 37.7 cm³/mol. The van der Waals surface area contributed by atoms with Gasteiger partial charge in [-0.05, 0) is 11.6 Å². The summed E-state index contributed by atoms with van der Waals surface area (Å²) in [5.41, 5.74) is 0.229. The van der Waals surface area contributed by atoms with E-state index in [1.54, 1.807) is 0 Å². The predicted octanol–water partition coefficient (Wildman–Crippen LogP) is 0.867. The van der Waals surface area contributed by atoms with Gasteiger partial charge in [-0.2, -0.15) is 9.49 Å². The molecule has 0 saturated heterocycles. The maximum atomic E-state index is 12.8. The second kappa shape index (κ2) is 3.00. The van der Waals surface area contributed by atoms with E-state index in [1.807, 2.05) is 0 Å². The van der Waals surface area contributed by atoms with Gasteiger partial charge in [0.25, 0.3) is 0 Å². The standard InChI is InChI=1S/C6H6ClFN2O/c1-10-6(8)4(3-9-10)2-5(7)11/h3H,2H2,1H3. The van der Waals surface area contributed by atoms with Crippen LogP contribution in [0, 0.1) is 5.95 Å². The Labute approximate surface area is 67.8 Å².